The zero-order chi connectivity index (χ0) is 13.8. The Labute approximate surface area is 109 Å². The number of nitriles is 1. The number of halogens is 1. The molecule has 2 aromatic rings. The summed E-state index contributed by atoms with van der Waals surface area (Å²) < 4.78 is 12.8. The molecule has 0 bridgehead atoms. The van der Waals surface area contributed by atoms with Crippen LogP contribution in [-0.4, -0.2) is 10.2 Å². The maximum atomic E-state index is 12.8. The molecule has 0 aliphatic heterocycles. The molecular weight excluding hydrogens is 245 g/mol. The summed E-state index contributed by atoms with van der Waals surface area (Å²) in [6.07, 6.45) is 1.57. The summed E-state index contributed by atoms with van der Waals surface area (Å²) >= 11 is 0. The summed E-state index contributed by atoms with van der Waals surface area (Å²) in [5.41, 5.74) is 1.45. The third-order valence-electron chi connectivity index (χ3n) is 2.59. The monoisotopic (exact) mass is 255 g/mol. The van der Waals surface area contributed by atoms with Crippen molar-refractivity contribution in [1.82, 2.24) is 0 Å². The number of rotatable bonds is 2. The fourth-order valence-corrected chi connectivity index (χ4v) is 1.60. The molecule has 0 spiro atoms. The topological polar surface area (TPSA) is 64.2 Å². The number of benzene rings is 2. The van der Waals surface area contributed by atoms with E-state index in [4.69, 9.17) is 5.26 Å². The first-order chi connectivity index (χ1) is 9.10. The standard InChI is InChI=1S/C15H10FNO2/c16-13-4-1-10(2-5-13)7-12(9-17)11-3-6-14(18)15(19)8-11/h1-8,18-19H/b12-7+. The first kappa shape index (κ1) is 12.7. The van der Waals surface area contributed by atoms with Crippen molar-refractivity contribution in [2.24, 2.45) is 0 Å². The van der Waals surface area contributed by atoms with Gasteiger partial charge in [-0.15, -0.1) is 0 Å². The van der Waals surface area contributed by atoms with E-state index >= 15 is 0 Å². The first-order valence-corrected chi connectivity index (χ1v) is 5.50. The van der Waals surface area contributed by atoms with Crippen LogP contribution in [0.15, 0.2) is 42.5 Å². The number of nitrogens with zero attached hydrogens (tertiary/aromatic N) is 1. The van der Waals surface area contributed by atoms with Gasteiger partial charge in [0.05, 0.1) is 11.6 Å². The van der Waals surface area contributed by atoms with Gasteiger partial charge in [-0.2, -0.15) is 5.26 Å². The van der Waals surface area contributed by atoms with Crippen LogP contribution >= 0.6 is 0 Å². The summed E-state index contributed by atoms with van der Waals surface area (Å²) in [4.78, 5) is 0. The summed E-state index contributed by atoms with van der Waals surface area (Å²) in [5, 5.41) is 27.8. The van der Waals surface area contributed by atoms with Crippen LogP contribution < -0.4 is 0 Å². The fraction of sp³-hybridized carbons (Fsp3) is 0. The third-order valence-corrected chi connectivity index (χ3v) is 2.59. The van der Waals surface area contributed by atoms with E-state index in [1.54, 1.807) is 18.2 Å². The Kier molecular flexibility index (Phi) is 3.48. The van der Waals surface area contributed by atoms with Gasteiger partial charge in [0.2, 0.25) is 0 Å². The Morgan fingerprint density at radius 3 is 2.32 bits per heavy atom. The molecule has 3 nitrogen and oxygen atoms in total. The minimum absolute atomic E-state index is 0.247. The highest BCUT2D eigenvalue weighted by atomic mass is 19.1. The van der Waals surface area contributed by atoms with Crippen LogP contribution in [-0.2, 0) is 0 Å². The van der Waals surface area contributed by atoms with Crippen LogP contribution in [0.25, 0.3) is 11.6 Å². The third kappa shape index (κ3) is 2.90. The Bertz CT molecular complexity index is 670. The van der Waals surface area contributed by atoms with E-state index in [1.165, 1.54) is 30.3 Å². The molecule has 0 unspecified atom stereocenters. The fourth-order valence-electron chi connectivity index (χ4n) is 1.60. The summed E-state index contributed by atoms with van der Waals surface area (Å²) in [6.45, 7) is 0. The summed E-state index contributed by atoms with van der Waals surface area (Å²) in [7, 11) is 0. The summed E-state index contributed by atoms with van der Waals surface area (Å²) in [6, 6.07) is 11.8. The zero-order valence-electron chi connectivity index (χ0n) is 9.84. The van der Waals surface area contributed by atoms with E-state index < -0.39 is 0 Å². The van der Waals surface area contributed by atoms with Crippen molar-refractivity contribution in [2.45, 2.75) is 0 Å². The number of hydrogen-bond donors (Lipinski definition) is 2. The highest BCUT2D eigenvalue weighted by molar-refractivity contribution is 5.90. The van der Waals surface area contributed by atoms with Crippen molar-refractivity contribution in [3.63, 3.8) is 0 Å². The highest BCUT2D eigenvalue weighted by Crippen LogP contribution is 2.28. The molecule has 0 aliphatic carbocycles. The van der Waals surface area contributed by atoms with Gasteiger partial charge in [-0.3, -0.25) is 0 Å². The Morgan fingerprint density at radius 2 is 1.74 bits per heavy atom. The predicted octanol–water partition coefficient (Wildman–Crippen LogP) is 3.30. The Balaban J connectivity index is 2.42. The molecule has 0 heterocycles. The van der Waals surface area contributed by atoms with Crippen LogP contribution in [0, 0.1) is 17.1 Å². The zero-order valence-corrected chi connectivity index (χ0v) is 9.84. The molecule has 2 rings (SSSR count). The molecule has 0 saturated heterocycles. The van der Waals surface area contributed by atoms with Gasteiger partial charge in [-0.25, -0.2) is 4.39 Å². The molecule has 0 aliphatic rings. The molecule has 2 N–H and O–H groups in total. The average molecular weight is 255 g/mol. The smallest absolute Gasteiger partial charge is 0.158 e. The number of phenols is 2. The predicted molar refractivity (Wildman–Crippen MR) is 69.7 cm³/mol. The maximum Gasteiger partial charge on any atom is 0.158 e. The van der Waals surface area contributed by atoms with Crippen LogP contribution in [0.5, 0.6) is 11.5 Å². The van der Waals surface area contributed by atoms with E-state index in [0.29, 0.717) is 16.7 Å². The van der Waals surface area contributed by atoms with Crippen molar-refractivity contribution >= 4 is 11.6 Å². The van der Waals surface area contributed by atoms with Gasteiger partial charge >= 0.3 is 0 Å². The maximum absolute atomic E-state index is 12.8. The lowest BCUT2D eigenvalue weighted by Crippen LogP contribution is -1.83. The van der Waals surface area contributed by atoms with Crippen molar-refractivity contribution in [3.8, 4) is 17.6 Å². The van der Waals surface area contributed by atoms with E-state index in [2.05, 4.69) is 0 Å². The van der Waals surface area contributed by atoms with E-state index in [1.807, 2.05) is 6.07 Å². The van der Waals surface area contributed by atoms with E-state index in [0.717, 1.165) is 0 Å². The van der Waals surface area contributed by atoms with Gasteiger partial charge in [0, 0.05) is 0 Å². The normalized spacial score (nSPS) is 11.1. The molecule has 0 atom stereocenters. The SMILES string of the molecule is N#C/C(=C\c1ccc(F)cc1)c1ccc(O)c(O)c1. The molecule has 0 aromatic heterocycles. The van der Waals surface area contributed by atoms with Gasteiger partial charge in [0.1, 0.15) is 5.82 Å². The van der Waals surface area contributed by atoms with Crippen molar-refractivity contribution in [3.05, 3.63) is 59.4 Å². The van der Waals surface area contributed by atoms with Crippen molar-refractivity contribution in [1.29, 1.82) is 5.26 Å². The lowest BCUT2D eigenvalue weighted by atomic mass is 10.0. The largest absolute Gasteiger partial charge is 0.504 e. The van der Waals surface area contributed by atoms with Crippen LogP contribution in [0.4, 0.5) is 4.39 Å². The van der Waals surface area contributed by atoms with Crippen molar-refractivity contribution in [2.75, 3.05) is 0 Å². The molecule has 0 radical (unpaired) electrons. The lowest BCUT2D eigenvalue weighted by molar-refractivity contribution is 0.403. The van der Waals surface area contributed by atoms with E-state index in [-0.39, 0.29) is 17.3 Å². The number of allylic oxidation sites excluding steroid dienone is 1. The second-order valence-electron chi connectivity index (χ2n) is 3.92. The molecular formula is C15H10FNO2. The van der Waals surface area contributed by atoms with Crippen LogP contribution in [0.2, 0.25) is 0 Å². The molecule has 4 heteroatoms. The molecule has 0 fully saturated rings. The van der Waals surface area contributed by atoms with Gasteiger partial charge in [-0.1, -0.05) is 12.1 Å². The Hall–Kier alpha value is -2.80. The van der Waals surface area contributed by atoms with Gasteiger partial charge in [-0.05, 0) is 47.5 Å². The van der Waals surface area contributed by atoms with Gasteiger partial charge < -0.3 is 10.2 Å². The minimum atomic E-state index is -0.349. The minimum Gasteiger partial charge on any atom is -0.504 e. The molecule has 19 heavy (non-hydrogen) atoms. The Morgan fingerprint density at radius 1 is 1.05 bits per heavy atom. The first-order valence-electron chi connectivity index (χ1n) is 5.50. The van der Waals surface area contributed by atoms with Crippen LogP contribution in [0.3, 0.4) is 0 Å². The molecule has 0 amide bonds. The average Bonchev–Trinajstić information content (AvgIpc) is 2.41. The summed E-state index contributed by atoms with van der Waals surface area (Å²) in [5.74, 6) is -0.890. The quantitative estimate of drug-likeness (QED) is 0.491. The lowest BCUT2D eigenvalue weighted by Gasteiger charge is -2.02. The highest BCUT2D eigenvalue weighted by Gasteiger charge is 2.05. The molecule has 0 saturated carbocycles. The second kappa shape index (κ2) is 5.23. The number of hydrogen-bond acceptors (Lipinski definition) is 3. The molecule has 94 valence electrons. The number of aromatic hydroxyl groups is 2. The second-order valence-corrected chi connectivity index (χ2v) is 3.92. The van der Waals surface area contributed by atoms with Crippen molar-refractivity contribution < 1.29 is 14.6 Å². The van der Waals surface area contributed by atoms with Gasteiger partial charge in [0.25, 0.3) is 0 Å². The number of phenolic OH excluding ortho intramolecular Hbond substituents is 2. The van der Waals surface area contributed by atoms with Crippen LogP contribution in [0.1, 0.15) is 11.1 Å². The van der Waals surface area contributed by atoms with E-state index in [9.17, 15) is 14.6 Å². The van der Waals surface area contributed by atoms with Gasteiger partial charge in [0.15, 0.2) is 11.5 Å². The molecule has 2 aromatic carbocycles.